The summed E-state index contributed by atoms with van der Waals surface area (Å²) in [5.41, 5.74) is 1.24. The minimum Gasteiger partial charge on any atom is -0.495 e. The number of amides is 1. The van der Waals surface area contributed by atoms with Crippen molar-refractivity contribution >= 4 is 28.4 Å². The Kier molecular flexibility index (Phi) is 8.03. The van der Waals surface area contributed by atoms with Gasteiger partial charge in [-0.2, -0.15) is 0 Å². The van der Waals surface area contributed by atoms with Crippen LogP contribution in [-0.4, -0.2) is 47.7 Å². The van der Waals surface area contributed by atoms with E-state index >= 15 is 0 Å². The number of benzene rings is 3. The van der Waals surface area contributed by atoms with Gasteiger partial charge in [0.15, 0.2) is 0 Å². The van der Waals surface area contributed by atoms with Crippen LogP contribution in [0.4, 0.5) is 0 Å². The molecule has 3 aromatic carbocycles. The summed E-state index contributed by atoms with van der Waals surface area (Å²) in [4.78, 5) is 34.3. The van der Waals surface area contributed by atoms with Crippen LogP contribution >= 0.6 is 11.6 Å². The van der Waals surface area contributed by atoms with Crippen molar-refractivity contribution in [2.24, 2.45) is 0 Å². The molecule has 1 aromatic heterocycles. The van der Waals surface area contributed by atoms with Gasteiger partial charge in [-0.05, 0) is 42.8 Å². The van der Waals surface area contributed by atoms with Crippen molar-refractivity contribution in [1.29, 1.82) is 0 Å². The molecule has 186 valence electrons. The van der Waals surface area contributed by atoms with Crippen molar-refractivity contribution < 1.29 is 14.3 Å². The number of ether oxygens (including phenoxy) is 2. The maximum atomic E-state index is 13.9. The molecule has 0 aliphatic heterocycles. The number of fused-ring (bicyclic) bond motifs is 1. The lowest BCUT2D eigenvalue weighted by Crippen LogP contribution is -2.40. The fourth-order valence-corrected chi connectivity index (χ4v) is 4.56. The van der Waals surface area contributed by atoms with Crippen molar-refractivity contribution in [2.75, 3.05) is 27.4 Å². The molecular weight excluding hydrogens is 478 g/mol. The van der Waals surface area contributed by atoms with E-state index in [1.54, 1.807) is 72.2 Å². The van der Waals surface area contributed by atoms with Gasteiger partial charge in [0.05, 0.1) is 46.9 Å². The predicted molar refractivity (Wildman–Crippen MR) is 141 cm³/mol. The molecule has 1 unspecified atom stereocenters. The number of nitrogens with zero attached hydrogens (tertiary/aromatic N) is 3. The molecule has 0 spiro atoms. The van der Waals surface area contributed by atoms with Gasteiger partial charge in [0.25, 0.3) is 11.5 Å². The third-order valence-electron chi connectivity index (χ3n) is 6.09. The molecule has 4 rings (SSSR count). The third kappa shape index (κ3) is 4.85. The van der Waals surface area contributed by atoms with E-state index in [-0.39, 0.29) is 18.0 Å². The Hall–Kier alpha value is -3.68. The lowest BCUT2D eigenvalue weighted by atomic mass is 10.1. The lowest BCUT2D eigenvalue weighted by molar-refractivity contribution is 0.0579. The highest BCUT2D eigenvalue weighted by Gasteiger charge is 2.31. The van der Waals surface area contributed by atoms with Crippen molar-refractivity contribution in [3.05, 3.63) is 99.6 Å². The van der Waals surface area contributed by atoms with E-state index in [0.717, 1.165) is 0 Å². The molecule has 0 radical (unpaired) electrons. The number of hydrogen-bond acceptors (Lipinski definition) is 5. The molecule has 1 heterocycles. The van der Waals surface area contributed by atoms with Gasteiger partial charge in [-0.1, -0.05) is 54.9 Å². The van der Waals surface area contributed by atoms with Crippen LogP contribution in [0.2, 0.25) is 5.02 Å². The Morgan fingerprint density at radius 2 is 1.72 bits per heavy atom. The van der Waals surface area contributed by atoms with Gasteiger partial charge < -0.3 is 14.4 Å². The Balaban J connectivity index is 1.98. The molecule has 0 N–H and O–H groups in total. The highest BCUT2D eigenvalue weighted by molar-refractivity contribution is 6.33. The van der Waals surface area contributed by atoms with Crippen molar-refractivity contribution in [3.8, 4) is 11.4 Å². The summed E-state index contributed by atoms with van der Waals surface area (Å²) in [6, 6.07) is 20.8. The Labute approximate surface area is 214 Å². The number of rotatable bonds is 9. The van der Waals surface area contributed by atoms with E-state index in [2.05, 4.69) is 0 Å². The number of para-hydroxylation sites is 3. The van der Waals surface area contributed by atoms with Gasteiger partial charge in [-0.25, -0.2) is 4.98 Å². The number of hydrogen-bond donors (Lipinski definition) is 0. The lowest BCUT2D eigenvalue weighted by Gasteiger charge is -2.32. The Bertz CT molecular complexity index is 1440. The van der Waals surface area contributed by atoms with Gasteiger partial charge in [-0.15, -0.1) is 0 Å². The van der Waals surface area contributed by atoms with Crippen LogP contribution in [-0.2, 0) is 4.74 Å². The molecule has 7 nitrogen and oxygen atoms in total. The summed E-state index contributed by atoms with van der Waals surface area (Å²) in [6.45, 7) is 2.55. The number of carbonyl (C=O) groups is 1. The van der Waals surface area contributed by atoms with E-state index in [1.807, 2.05) is 31.2 Å². The molecule has 0 aliphatic carbocycles. The topological polar surface area (TPSA) is 73.7 Å². The molecule has 0 saturated heterocycles. The molecule has 4 aromatic rings. The summed E-state index contributed by atoms with van der Waals surface area (Å²) < 4.78 is 12.5. The van der Waals surface area contributed by atoms with Crippen LogP contribution < -0.4 is 10.3 Å². The SMILES string of the molecule is CCC(c1nc2ccccc2c(=O)n1-c1ccccc1OC)N(CCOC)C(=O)c1ccccc1Cl. The van der Waals surface area contributed by atoms with Gasteiger partial charge in [0.2, 0.25) is 0 Å². The van der Waals surface area contributed by atoms with Crippen LogP contribution in [0, 0.1) is 0 Å². The molecule has 0 bridgehead atoms. The predicted octanol–water partition coefficient (Wildman–Crippen LogP) is 5.29. The molecule has 1 atom stereocenters. The van der Waals surface area contributed by atoms with Crippen LogP contribution in [0.3, 0.4) is 0 Å². The summed E-state index contributed by atoms with van der Waals surface area (Å²) in [6.07, 6.45) is 0.500. The summed E-state index contributed by atoms with van der Waals surface area (Å²) in [5.74, 6) is 0.689. The van der Waals surface area contributed by atoms with Crippen LogP contribution in [0.15, 0.2) is 77.6 Å². The van der Waals surface area contributed by atoms with Crippen molar-refractivity contribution in [3.63, 3.8) is 0 Å². The van der Waals surface area contributed by atoms with E-state index < -0.39 is 6.04 Å². The van der Waals surface area contributed by atoms with E-state index in [4.69, 9.17) is 26.1 Å². The largest absolute Gasteiger partial charge is 0.495 e. The normalized spacial score (nSPS) is 11.9. The first-order chi connectivity index (χ1) is 17.5. The monoisotopic (exact) mass is 505 g/mol. The van der Waals surface area contributed by atoms with Gasteiger partial charge >= 0.3 is 0 Å². The standard InChI is InChI=1S/C28H28ClN3O4/c1-4-23(31(17-18-35-2)27(33)19-11-5-7-13-21(19)29)26-30-22-14-8-6-12-20(22)28(34)32(26)24-15-9-10-16-25(24)36-3/h5-16,23H,4,17-18H2,1-3H3. The summed E-state index contributed by atoms with van der Waals surface area (Å²) in [7, 11) is 3.14. The maximum Gasteiger partial charge on any atom is 0.266 e. The van der Waals surface area contributed by atoms with Gasteiger partial charge in [0, 0.05) is 13.7 Å². The second-order valence-corrected chi connectivity index (χ2v) is 8.60. The summed E-state index contributed by atoms with van der Waals surface area (Å²) >= 11 is 6.40. The second-order valence-electron chi connectivity index (χ2n) is 8.19. The second kappa shape index (κ2) is 11.4. The van der Waals surface area contributed by atoms with Crippen molar-refractivity contribution in [1.82, 2.24) is 14.5 Å². The molecule has 0 fully saturated rings. The van der Waals surface area contributed by atoms with E-state index in [0.29, 0.717) is 51.8 Å². The third-order valence-corrected chi connectivity index (χ3v) is 6.42. The van der Waals surface area contributed by atoms with Gasteiger partial charge in [-0.3, -0.25) is 14.2 Å². The molecule has 1 amide bonds. The van der Waals surface area contributed by atoms with Crippen LogP contribution in [0.1, 0.15) is 35.6 Å². The number of halogens is 1. The molecule has 36 heavy (non-hydrogen) atoms. The Morgan fingerprint density at radius 1 is 1.03 bits per heavy atom. The van der Waals surface area contributed by atoms with E-state index in [1.165, 1.54) is 0 Å². The fourth-order valence-electron chi connectivity index (χ4n) is 4.34. The highest BCUT2D eigenvalue weighted by Crippen LogP contribution is 2.31. The molecule has 0 saturated carbocycles. The minimum absolute atomic E-state index is 0.240. The number of aromatic nitrogens is 2. The van der Waals surface area contributed by atoms with Crippen LogP contribution in [0.5, 0.6) is 5.75 Å². The van der Waals surface area contributed by atoms with Crippen molar-refractivity contribution in [2.45, 2.75) is 19.4 Å². The van der Waals surface area contributed by atoms with Gasteiger partial charge in [0.1, 0.15) is 11.6 Å². The smallest absolute Gasteiger partial charge is 0.266 e. The first-order valence-electron chi connectivity index (χ1n) is 11.7. The first kappa shape index (κ1) is 25.4. The fraction of sp³-hybridized carbons (Fsp3) is 0.250. The number of methoxy groups -OCH3 is 2. The zero-order valence-corrected chi connectivity index (χ0v) is 21.2. The minimum atomic E-state index is -0.550. The number of carbonyl (C=O) groups excluding carboxylic acids is 1. The average molecular weight is 506 g/mol. The quantitative estimate of drug-likeness (QED) is 0.309. The highest BCUT2D eigenvalue weighted by atomic mass is 35.5. The Morgan fingerprint density at radius 3 is 2.44 bits per heavy atom. The summed E-state index contributed by atoms with van der Waals surface area (Å²) in [5, 5.41) is 0.830. The zero-order chi connectivity index (χ0) is 25.7. The molecule has 8 heteroatoms. The first-order valence-corrected chi connectivity index (χ1v) is 12.1. The molecule has 0 aliphatic rings. The van der Waals surface area contributed by atoms with Crippen LogP contribution in [0.25, 0.3) is 16.6 Å². The maximum absolute atomic E-state index is 13.9. The zero-order valence-electron chi connectivity index (χ0n) is 20.5. The average Bonchev–Trinajstić information content (AvgIpc) is 2.91. The van der Waals surface area contributed by atoms with E-state index in [9.17, 15) is 9.59 Å². The molecular formula is C28H28ClN3O4.